The highest BCUT2D eigenvalue weighted by molar-refractivity contribution is 5.90. The molecule has 8 nitrogen and oxygen atoms in total. The molecule has 0 bridgehead atoms. The molecule has 0 aliphatic heterocycles. The van der Waals surface area contributed by atoms with E-state index in [-0.39, 0.29) is 24.7 Å². The van der Waals surface area contributed by atoms with Gasteiger partial charge in [-0.05, 0) is 47.5 Å². The van der Waals surface area contributed by atoms with Crippen LogP contribution in [-0.2, 0) is 28.7 Å². The van der Waals surface area contributed by atoms with Crippen LogP contribution in [0, 0.1) is 0 Å². The molecule has 0 aliphatic rings. The van der Waals surface area contributed by atoms with E-state index in [9.17, 15) is 19.2 Å². The van der Waals surface area contributed by atoms with Gasteiger partial charge in [-0.25, -0.2) is 4.79 Å². The predicted octanol–water partition coefficient (Wildman–Crippen LogP) is 1.07. The molecule has 0 aromatic heterocycles. The van der Waals surface area contributed by atoms with Crippen molar-refractivity contribution in [3.63, 3.8) is 0 Å². The molecule has 0 aromatic rings. The third-order valence-electron chi connectivity index (χ3n) is 3.15. The highest BCUT2D eigenvalue weighted by atomic mass is 16.6. The van der Waals surface area contributed by atoms with Crippen molar-refractivity contribution in [3.05, 3.63) is 0 Å². The first-order chi connectivity index (χ1) is 11.5. The maximum Gasteiger partial charge on any atom is 0.328 e. The van der Waals surface area contributed by atoms with Gasteiger partial charge < -0.3 is 20.1 Å². The Bertz CT molecular complexity index is 484. The van der Waals surface area contributed by atoms with Gasteiger partial charge in [0, 0.05) is 12.8 Å². The summed E-state index contributed by atoms with van der Waals surface area (Å²) in [6.07, 6.45) is 1.52. The topological polar surface area (TPSA) is 111 Å². The zero-order valence-corrected chi connectivity index (χ0v) is 15.9. The standard InChI is InChI=1S/C17H30N2O6/c1-11(18-13(20)9-7-8-10-14(21)24-6)15(22)19-12(2)16(23)25-17(3,4)5/h11-12H,7-10H2,1-6H3,(H,18,20)(H,19,22)/t11-,12-/m0/s1. The lowest BCUT2D eigenvalue weighted by atomic mass is 10.1. The van der Waals surface area contributed by atoms with Gasteiger partial charge in [-0.3, -0.25) is 14.4 Å². The van der Waals surface area contributed by atoms with Gasteiger partial charge in [-0.2, -0.15) is 0 Å². The average Bonchev–Trinajstić information content (AvgIpc) is 2.49. The Hall–Kier alpha value is -2.12. The summed E-state index contributed by atoms with van der Waals surface area (Å²) in [4.78, 5) is 46.6. The molecule has 8 heteroatoms. The van der Waals surface area contributed by atoms with Crippen LogP contribution in [0.4, 0.5) is 0 Å². The van der Waals surface area contributed by atoms with Crippen molar-refractivity contribution in [2.45, 2.75) is 78.0 Å². The molecule has 2 amide bonds. The Kier molecular flexibility index (Phi) is 9.78. The SMILES string of the molecule is COC(=O)CCCCC(=O)N[C@@H](C)C(=O)N[C@@H](C)C(=O)OC(C)(C)C. The number of ether oxygens (including phenoxy) is 2. The Morgan fingerprint density at radius 2 is 1.48 bits per heavy atom. The molecule has 0 heterocycles. The van der Waals surface area contributed by atoms with E-state index >= 15 is 0 Å². The maximum absolute atomic E-state index is 12.0. The Morgan fingerprint density at radius 1 is 0.920 bits per heavy atom. The first-order valence-electron chi connectivity index (χ1n) is 8.35. The molecular weight excluding hydrogens is 328 g/mol. The molecule has 144 valence electrons. The third-order valence-corrected chi connectivity index (χ3v) is 3.15. The molecule has 0 spiro atoms. The second kappa shape index (κ2) is 10.7. The fraction of sp³-hybridized carbons (Fsp3) is 0.765. The van der Waals surface area contributed by atoms with Gasteiger partial charge in [0.15, 0.2) is 0 Å². The number of esters is 2. The number of hydrogen-bond donors (Lipinski definition) is 2. The molecule has 2 atom stereocenters. The maximum atomic E-state index is 12.0. The molecule has 0 rings (SSSR count). The van der Waals surface area contributed by atoms with E-state index in [0.29, 0.717) is 12.8 Å². The molecule has 0 fully saturated rings. The summed E-state index contributed by atoms with van der Waals surface area (Å²) in [7, 11) is 1.31. The quantitative estimate of drug-likeness (QED) is 0.471. The van der Waals surface area contributed by atoms with E-state index in [1.165, 1.54) is 21.0 Å². The summed E-state index contributed by atoms with van der Waals surface area (Å²) >= 11 is 0. The molecule has 0 saturated heterocycles. The van der Waals surface area contributed by atoms with E-state index in [2.05, 4.69) is 15.4 Å². The van der Waals surface area contributed by atoms with Crippen molar-refractivity contribution in [1.29, 1.82) is 0 Å². The lowest BCUT2D eigenvalue weighted by Crippen LogP contribution is -2.50. The monoisotopic (exact) mass is 358 g/mol. The van der Waals surface area contributed by atoms with Crippen LogP contribution in [0.25, 0.3) is 0 Å². The van der Waals surface area contributed by atoms with Crippen LogP contribution < -0.4 is 10.6 Å². The number of amides is 2. The number of carbonyl (C=O) groups is 4. The third kappa shape index (κ3) is 11.1. The zero-order chi connectivity index (χ0) is 19.6. The predicted molar refractivity (Wildman–Crippen MR) is 91.5 cm³/mol. The van der Waals surface area contributed by atoms with Crippen LogP contribution in [0.15, 0.2) is 0 Å². The lowest BCUT2D eigenvalue weighted by molar-refractivity contribution is -0.158. The van der Waals surface area contributed by atoms with Gasteiger partial charge in [0.25, 0.3) is 0 Å². The molecule has 0 aromatic carbocycles. The number of unbranched alkanes of at least 4 members (excludes halogenated alkanes) is 1. The van der Waals surface area contributed by atoms with Crippen LogP contribution in [0.2, 0.25) is 0 Å². The van der Waals surface area contributed by atoms with Crippen LogP contribution in [0.5, 0.6) is 0 Å². The van der Waals surface area contributed by atoms with Crippen molar-refractivity contribution >= 4 is 23.8 Å². The summed E-state index contributed by atoms with van der Waals surface area (Å²) in [6.45, 7) is 8.27. The fourth-order valence-electron chi connectivity index (χ4n) is 1.82. The summed E-state index contributed by atoms with van der Waals surface area (Å²) in [6, 6.07) is -1.59. The lowest BCUT2D eigenvalue weighted by Gasteiger charge is -2.23. The second-order valence-corrected chi connectivity index (χ2v) is 6.84. The van der Waals surface area contributed by atoms with Gasteiger partial charge in [-0.1, -0.05) is 0 Å². The Morgan fingerprint density at radius 3 is 2.00 bits per heavy atom. The van der Waals surface area contributed by atoms with Crippen molar-refractivity contribution in [1.82, 2.24) is 10.6 Å². The number of carbonyl (C=O) groups excluding carboxylic acids is 4. The zero-order valence-electron chi connectivity index (χ0n) is 15.9. The first kappa shape index (κ1) is 22.9. The van der Waals surface area contributed by atoms with Gasteiger partial charge >= 0.3 is 11.9 Å². The van der Waals surface area contributed by atoms with Crippen molar-refractivity contribution in [3.8, 4) is 0 Å². The molecule has 0 unspecified atom stereocenters. The van der Waals surface area contributed by atoms with E-state index in [0.717, 1.165) is 0 Å². The molecule has 2 N–H and O–H groups in total. The van der Waals surface area contributed by atoms with E-state index in [1.807, 2.05) is 0 Å². The smallest absolute Gasteiger partial charge is 0.328 e. The molecule has 0 saturated carbocycles. The van der Waals surface area contributed by atoms with Gasteiger partial charge in [0.2, 0.25) is 11.8 Å². The van der Waals surface area contributed by atoms with Crippen LogP contribution in [-0.4, -0.2) is 48.5 Å². The highest BCUT2D eigenvalue weighted by Gasteiger charge is 2.25. The first-order valence-corrected chi connectivity index (χ1v) is 8.35. The van der Waals surface area contributed by atoms with Crippen LogP contribution in [0.1, 0.15) is 60.3 Å². The van der Waals surface area contributed by atoms with E-state index in [4.69, 9.17) is 4.74 Å². The summed E-state index contributed by atoms with van der Waals surface area (Å²) in [5.41, 5.74) is -0.639. The van der Waals surface area contributed by atoms with E-state index in [1.54, 1.807) is 20.8 Å². The van der Waals surface area contributed by atoms with Crippen LogP contribution in [0.3, 0.4) is 0 Å². The van der Waals surface area contributed by atoms with E-state index < -0.39 is 29.6 Å². The molecule has 0 aliphatic carbocycles. The Balaban J connectivity index is 4.18. The second-order valence-electron chi connectivity index (χ2n) is 6.84. The van der Waals surface area contributed by atoms with Gasteiger partial charge in [0.1, 0.15) is 17.7 Å². The number of methoxy groups -OCH3 is 1. The fourth-order valence-corrected chi connectivity index (χ4v) is 1.82. The molecule has 0 radical (unpaired) electrons. The summed E-state index contributed by atoms with van der Waals surface area (Å²) < 4.78 is 9.69. The Labute approximate surface area is 149 Å². The number of hydrogen-bond acceptors (Lipinski definition) is 6. The largest absolute Gasteiger partial charge is 0.469 e. The molecule has 25 heavy (non-hydrogen) atoms. The van der Waals surface area contributed by atoms with Crippen molar-refractivity contribution in [2.24, 2.45) is 0 Å². The summed E-state index contributed by atoms with van der Waals surface area (Å²) in [5, 5.41) is 5.06. The van der Waals surface area contributed by atoms with Crippen molar-refractivity contribution in [2.75, 3.05) is 7.11 Å². The molecular formula is C17H30N2O6. The highest BCUT2D eigenvalue weighted by Crippen LogP contribution is 2.08. The van der Waals surface area contributed by atoms with Crippen molar-refractivity contribution < 1.29 is 28.7 Å². The van der Waals surface area contributed by atoms with Crippen LogP contribution >= 0.6 is 0 Å². The number of rotatable bonds is 9. The minimum absolute atomic E-state index is 0.205. The van der Waals surface area contributed by atoms with Gasteiger partial charge in [-0.15, -0.1) is 0 Å². The normalized spacial score (nSPS) is 13.4. The number of nitrogens with one attached hydrogen (secondary N) is 2. The minimum atomic E-state index is -0.814. The average molecular weight is 358 g/mol. The van der Waals surface area contributed by atoms with Gasteiger partial charge in [0.05, 0.1) is 7.11 Å². The minimum Gasteiger partial charge on any atom is -0.469 e. The summed E-state index contributed by atoms with van der Waals surface area (Å²) in [5.74, 6) is -1.62.